The van der Waals surface area contributed by atoms with Crippen molar-refractivity contribution in [1.29, 1.82) is 0 Å². The summed E-state index contributed by atoms with van der Waals surface area (Å²) in [4.78, 5) is 21.5. The Morgan fingerprint density at radius 3 is 2.29 bits per heavy atom. The summed E-state index contributed by atoms with van der Waals surface area (Å²) in [7, 11) is 1.66. The zero-order valence-corrected chi connectivity index (χ0v) is 20.4. The minimum Gasteiger partial charge on any atom is -0.497 e. The highest BCUT2D eigenvalue weighted by Crippen LogP contribution is 2.37. The molecule has 3 heterocycles. The summed E-state index contributed by atoms with van der Waals surface area (Å²) >= 11 is 0. The molecule has 0 spiro atoms. The predicted molar refractivity (Wildman–Crippen MR) is 137 cm³/mol. The van der Waals surface area contributed by atoms with E-state index in [1.165, 1.54) is 6.42 Å². The number of nitrogens with zero attached hydrogens (tertiary/aromatic N) is 3. The Labute approximate surface area is 200 Å². The van der Waals surface area contributed by atoms with E-state index in [0.29, 0.717) is 11.2 Å². The van der Waals surface area contributed by atoms with Crippen molar-refractivity contribution in [2.45, 2.75) is 45.4 Å². The van der Waals surface area contributed by atoms with E-state index in [1.54, 1.807) is 11.6 Å². The normalized spacial score (nSPS) is 14.5. The van der Waals surface area contributed by atoms with Gasteiger partial charge in [0.1, 0.15) is 11.4 Å². The Kier molecular flexibility index (Phi) is 5.68. The van der Waals surface area contributed by atoms with Crippen LogP contribution < -0.4 is 15.2 Å². The predicted octanol–water partition coefficient (Wildman–Crippen LogP) is 5.32. The van der Waals surface area contributed by atoms with E-state index in [4.69, 9.17) is 9.72 Å². The summed E-state index contributed by atoms with van der Waals surface area (Å²) in [6, 6.07) is 18.2. The van der Waals surface area contributed by atoms with Gasteiger partial charge in [-0.05, 0) is 43.9 Å². The Balaban J connectivity index is 1.73. The molecule has 176 valence electrons. The van der Waals surface area contributed by atoms with Crippen LogP contribution in [0.2, 0.25) is 0 Å². The molecule has 6 nitrogen and oxygen atoms in total. The summed E-state index contributed by atoms with van der Waals surface area (Å²) in [5.41, 5.74) is 5.67. The second-order valence-electron chi connectivity index (χ2n) is 9.64. The first-order valence-corrected chi connectivity index (χ1v) is 12.0. The molecule has 34 heavy (non-hydrogen) atoms. The van der Waals surface area contributed by atoms with Gasteiger partial charge in [-0.1, -0.05) is 56.3 Å². The smallest absolute Gasteiger partial charge is 0.277 e. The number of aromatic amines is 1. The first-order valence-electron chi connectivity index (χ1n) is 12.0. The van der Waals surface area contributed by atoms with Crippen molar-refractivity contribution in [1.82, 2.24) is 14.6 Å². The van der Waals surface area contributed by atoms with Crippen molar-refractivity contribution in [3.05, 3.63) is 81.8 Å². The topological polar surface area (TPSA) is 62.6 Å². The van der Waals surface area contributed by atoms with Crippen LogP contribution in [0.5, 0.6) is 5.75 Å². The van der Waals surface area contributed by atoms with Crippen LogP contribution in [0.4, 0.5) is 5.69 Å². The van der Waals surface area contributed by atoms with Crippen molar-refractivity contribution in [3.8, 4) is 17.0 Å². The molecule has 1 saturated heterocycles. The number of aromatic nitrogens is 3. The van der Waals surface area contributed by atoms with Gasteiger partial charge in [-0.25, -0.2) is 4.98 Å². The molecule has 0 amide bonds. The third-order valence-electron chi connectivity index (χ3n) is 7.11. The van der Waals surface area contributed by atoms with E-state index in [9.17, 15) is 4.79 Å². The Morgan fingerprint density at radius 1 is 0.971 bits per heavy atom. The van der Waals surface area contributed by atoms with Crippen molar-refractivity contribution in [3.63, 3.8) is 0 Å². The minimum absolute atomic E-state index is 0.0521. The van der Waals surface area contributed by atoms with E-state index in [-0.39, 0.29) is 5.56 Å². The maximum absolute atomic E-state index is 14.0. The Morgan fingerprint density at radius 2 is 1.65 bits per heavy atom. The molecule has 5 rings (SSSR count). The van der Waals surface area contributed by atoms with Crippen molar-refractivity contribution < 1.29 is 4.74 Å². The molecular formula is C28H32N4O2. The van der Waals surface area contributed by atoms with Gasteiger partial charge in [-0.2, -0.15) is 4.52 Å². The van der Waals surface area contributed by atoms with Crippen molar-refractivity contribution in [2.75, 3.05) is 25.1 Å². The Hall–Kier alpha value is -3.54. The van der Waals surface area contributed by atoms with Crippen molar-refractivity contribution >= 4 is 11.3 Å². The second kappa shape index (κ2) is 8.67. The highest BCUT2D eigenvalue weighted by Gasteiger charge is 2.32. The summed E-state index contributed by atoms with van der Waals surface area (Å²) in [6.07, 6.45) is 3.54. The average molecular weight is 457 g/mol. The molecule has 0 atom stereocenters. The van der Waals surface area contributed by atoms with Crippen LogP contribution >= 0.6 is 0 Å². The molecule has 6 heteroatoms. The maximum atomic E-state index is 14.0. The van der Waals surface area contributed by atoms with E-state index in [1.807, 2.05) is 49.4 Å². The largest absolute Gasteiger partial charge is 0.497 e. The summed E-state index contributed by atoms with van der Waals surface area (Å²) in [5.74, 6) is 0.796. The molecule has 2 aromatic heterocycles. The molecule has 1 aliphatic rings. The monoisotopic (exact) mass is 456 g/mol. The van der Waals surface area contributed by atoms with Crippen LogP contribution in [0.3, 0.4) is 0 Å². The Bertz CT molecular complexity index is 1360. The lowest BCUT2D eigenvalue weighted by molar-refractivity contribution is 0.414. The molecule has 2 aromatic carbocycles. The van der Waals surface area contributed by atoms with Crippen LogP contribution in [0.25, 0.3) is 16.9 Å². The number of anilines is 1. The molecule has 0 aliphatic carbocycles. The molecule has 0 unspecified atom stereocenters. The maximum Gasteiger partial charge on any atom is 0.277 e. The van der Waals surface area contributed by atoms with E-state index in [2.05, 4.69) is 36.0 Å². The van der Waals surface area contributed by atoms with Gasteiger partial charge in [0.2, 0.25) is 0 Å². The average Bonchev–Trinajstić information content (AvgIpc) is 3.24. The molecule has 1 N–H and O–H groups in total. The molecule has 0 bridgehead atoms. The fourth-order valence-electron chi connectivity index (χ4n) is 5.26. The summed E-state index contributed by atoms with van der Waals surface area (Å²) in [6.45, 7) is 8.07. The number of nitrogens with one attached hydrogen (secondary N) is 1. The number of fused-ring (bicyclic) bond motifs is 1. The van der Waals surface area contributed by atoms with Gasteiger partial charge in [0.25, 0.3) is 5.56 Å². The van der Waals surface area contributed by atoms with Crippen LogP contribution in [0, 0.1) is 6.92 Å². The number of hydrogen-bond acceptors (Lipinski definition) is 4. The zero-order chi connectivity index (χ0) is 23.9. The van der Waals surface area contributed by atoms with Gasteiger partial charge < -0.3 is 9.64 Å². The number of benzene rings is 2. The molecule has 0 saturated carbocycles. The second-order valence-corrected chi connectivity index (χ2v) is 9.64. The SMILES string of the molecule is COc1ccc(C(C)(C)c2c(C)nc3c(N4CCCCC4)c(-c4ccccc4)[nH]n3c2=O)cc1. The van der Waals surface area contributed by atoms with E-state index in [0.717, 1.165) is 59.9 Å². The molecule has 1 fully saturated rings. The minimum atomic E-state index is -0.523. The molecule has 1 aliphatic heterocycles. The van der Waals surface area contributed by atoms with Gasteiger partial charge in [0.15, 0.2) is 5.65 Å². The lowest BCUT2D eigenvalue weighted by Crippen LogP contribution is -2.33. The third-order valence-corrected chi connectivity index (χ3v) is 7.11. The van der Waals surface area contributed by atoms with Gasteiger partial charge in [-0.15, -0.1) is 0 Å². The quantitative estimate of drug-likeness (QED) is 0.441. The van der Waals surface area contributed by atoms with Gasteiger partial charge in [0.05, 0.1) is 18.4 Å². The first-order chi connectivity index (χ1) is 16.4. The highest BCUT2D eigenvalue weighted by molar-refractivity contribution is 5.86. The van der Waals surface area contributed by atoms with Crippen LogP contribution in [-0.2, 0) is 5.41 Å². The first kappa shape index (κ1) is 22.3. The van der Waals surface area contributed by atoms with E-state index < -0.39 is 5.41 Å². The number of hydrogen-bond donors (Lipinski definition) is 1. The lowest BCUT2D eigenvalue weighted by Gasteiger charge is -2.29. The fourth-order valence-corrected chi connectivity index (χ4v) is 5.26. The van der Waals surface area contributed by atoms with Gasteiger partial charge in [0, 0.05) is 29.8 Å². The molecular weight excluding hydrogens is 424 g/mol. The van der Waals surface area contributed by atoms with Crippen LogP contribution in [0.1, 0.15) is 49.9 Å². The van der Waals surface area contributed by atoms with Crippen LogP contribution in [-0.4, -0.2) is 34.8 Å². The van der Waals surface area contributed by atoms with Crippen molar-refractivity contribution in [2.24, 2.45) is 0 Å². The van der Waals surface area contributed by atoms with E-state index >= 15 is 0 Å². The number of aryl methyl sites for hydroxylation is 1. The zero-order valence-electron chi connectivity index (χ0n) is 20.4. The summed E-state index contributed by atoms with van der Waals surface area (Å²) in [5, 5.41) is 3.44. The fraction of sp³-hybridized carbons (Fsp3) is 0.357. The molecule has 0 radical (unpaired) electrons. The van der Waals surface area contributed by atoms with Crippen LogP contribution in [0.15, 0.2) is 59.4 Å². The van der Waals surface area contributed by atoms with Gasteiger partial charge >= 0.3 is 0 Å². The molecule has 4 aromatic rings. The third kappa shape index (κ3) is 3.67. The number of H-pyrrole nitrogens is 1. The number of piperidine rings is 1. The van der Waals surface area contributed by atoms with Gasteiger partial charge in [-0.3, -0.25) is 9.89 Å². The number of methoxy groups -OCH3 is 1. The lowest BCUT2D eigenvalue weighted by atomic mass is 9.78. The number of ether oxygens (including phenoxy) is 1. The highest BCUT2D eigenvalue weighted by atomic mass is 16.5. The summed E-state index contributed by atoms with van der Waals surface area (Å²) < 4.78 is 6.97. The standard InChI is InChI=1S/C28H32N4O2/c1-19-23(28(2,3)21-13-15-22(34-4)16-14-21)27(33)32-26(29-19)25(31-17-9-6-10-18-31)24(30-32)20-11-7-5-8-12-20/h5,7-8,11-16,30H,6,9-10,17-18H2,1-4H3. The number of rotatable bonds is 5.